The largest absolute Gasteiger partial charge is 0.461 e. The second kappa shape index (κ2) is 5.88. The number of thiophene rings is 1. The van der Waals surface area contributed by atoms with Crippen molar-refractivity contribution < 1.29 is 9.53 Å². The molecule has 0 spiro atoms. The lowest BCUT2D eigenvalue weighted by atomic mass is 10.1. The first kappa shape index (κ1) is 12.9. The topological polar surface area (TPSA) is 26.3 Å². The van der Waals surface area contributed by atoms with Crippen LogP contribution in [0.25, 0.3) is 10.1 Å². The van der Waals surface area contributed by atoms with E-state index >= 15 is 0 Å². The minimum absolute atomic E-state index is 0.188. The van der Waals surface area contributed by atoms with Crippen LogP contribution in [0.15, 0.2) is 60.0 Å². The molecule has 0 bridgehead atoms. The molecule has 0 aliphatic rings. The molecule has 20 heavy (non-hydrogen) atoms. The van der Waals surface area contributed by atoms with Crippen LogP contribution in [-0.2, 0) is 22.6 Å². The van der Waals surface area contributed by atoms with Crippen molar-refractivity contribution in [1.29, 1.82) is 0 Å². The van der Waals surface area contributed by atoms with Crippen molar-refractivity contribution in [3.8, 4) is 0 Å². The number of esters is 1. The summed E-state index contributed by atoms with van der Waals surface area (Å²) in [5.74, 6) is -0.188. The second-order valence-electron chi connectivity index (χ2n) is 4.58. The zero-order valence-corrected chi connectivity index (χ0v) is 11.7. The van der Waals surface area contributed by atoms with E-state index in [2.05, 4.69) is 17.5 Å². The molecule has 0 amide bonds. The highest BCUT2D eigenvalue weighted by Gasteiger charge is 2.08. The third-order valence-electron chi connectivity index (χ3n) is 3.14. The molecule has 2 nitrogen and oxygen atoms in total. The smallest absolute Gasteiger partial charge is 0.310 e. The summed E-state index contributed by atoms with van der Waals surface area (Å²) in [4.78, 5) is 11.8. The third-order valence-corrected chi connectivity index (χ3v) is 4.15. The number of fused-ring (bicyclic) bond motifs is 1. The Morgan fingerprint density at radius 2 is 1.75 bits per heavy atom. The highest BCUT2D eigenvalue weighted by molar-refractivity contribution is 7.17. The first-order chi connectivity index (χ1) is 9.83. The van der Waals surface area contributed by atoms with Gasteiger partial charge in [0.2, 0.25) is 0 Å². The van der Waals surface area contributed by atoms with Crippen LogP contribution in [0, 0.1) is 0 Å². The van der Waals surface area contributed by atoms with Crippen molar-refractivity contribution in [2.24, 2.45) is 0 Å². The molecule has 3 heteroatoms. The summed E-state index contributed by atoms with van der Waals surface area (Å²) in [5, 5.41) is 3.23. The molecule has 3 rings (SSSR count). The molecule has 0 fully saturated rings. The fourth-order valence-corrected chi connectivity index (χ4v) is 3.06. The van der Waals surface area contributed by atoms with Gasteiger partial charge >= 0.3 is 5.97 Å². The predicted molar refractivity (Wildman–Crippen MR) is 81.8 cm³/mol. The predicted octanol–water partition coefficient (Wildman–Crippen LogP) is 4.19. The van der Waals surface area contributed by atoms with Gasteiger partial charge in [-0.2, -0.15) is 0 Å². The van der Waals surface area contributed by atoms with Gasteiger partial charge in [-0.25, -0.2) is 0 Å². The van der Waals surface area contributed by atoms with Crippen LogP contribution in [0.4, 0.5) is 0 Å². The summed E-state index contributed by atoms with van der Waals surface area (Å²) >= 11 is 1.68. The molecule has 2 aromatic carbocycles. The van der Waals surface area contributed by atoms with Crippen LogP contribution >= 0.6 is 11.3 Å². The van der Waals surface area contributed by atoms with Gasteiger partial charge in [-0.1, -0.05) is 48.5 Å². The van der Waals surface area contributed by atoms with Crippen LogP contribution in [-0.4, -0.2) is 5.97 Å². The first-order valence-corrected chi connectivity index (χ1v) is 7.35. The standard InChI is InChI=1S/C17H14O2S/c18-17(10-13-6-2-1-3-7-13)19-11-14-12-20-16-9-5-4-8-15(14)16/h1-9,12H,10-11H2. The van der Waals surface area contributed by atoms with E-state index in [1.165, 1.54) is 10.1 Å². The van der Waals surface area contributed by atoms with Crippen molar-refractivity contribution in [1.82, 2.24) is 0 Å². The molecule has 0 saturated carbocycles. The Hall–Kier alpha value is -2.13. The number of hydrogen-bond acceptors (Lipinski definition) is 3. The van der Waals surface area contributed by atoms with Crippen molar-refractivity contribution >= 4 is 27.4 Å². The van der Waals surface area contributed by atoms with E-state index in [1.54, 1.807) is 11.3 Å². The molecule has 0 atom stereocenters. The number of carbonyl (C=O) groups is 1. The summed E-state index contributed by atoms with van der Waals surface area (Å²) in [5.41, 5.74) is 2.06. The quantitative estimate of drug-likeness (QED) is 0.671. The Morgan fingerprint density at radius 3 is 2.60 bits per heavy atom. The van der Waals surface area contributed by atoms with E-state index in [-0.39, 0.29) is 5.97 Å². The lowest BCUT2D eigenvalue weighted by Crippen LogP contribution is -2.07. The van der Waals surface area contributed by atoms with E-state index in [1.807, 2.05) is 42.5 Å². The second-order valence-corrected chi connectivity index (χ2v) is 5.49. The van der Waals surface area contributed by atoms with E-state index < -0.39 is 0 Å². The molecule has 0 aliphatic carbocycles. The summed E-state index contributed by atoms with van der Waals surface area (Å²) in [6.45, 7) is 0.343. The fourth-order valence-electron chi connectivity index (χ4n) is 2.12. The van der Waals surface area contributed by atoms with Crippen LogP contribution < -0.4 is 0 Å². The summed E-state index contributed by atoms with van der Waals surface area (Å²) in [6.07, 6.45) is 0.322. The average Bonchev–Trinajstić information content (AvgIpc) is 2.89. The van der Waals surface area contributed by atoms with Crippen LogP contribution in [0.1, 0.15) is 11.1 Å². The number of hydrogen-bond donors (Lipinski definition) is 0. The molecule has 1 aromatic heterocycles. The van der Waals surface area contributed by atoms with Crippen LogP contribution in [0.5, 0.6) is 0 Å². The Bertz CT molecular complexity index is 716. The number of benzene rings is 2. The summed E-state index contributed by atoms with van der Waals surface area (Å²) in [6, 6.07) is 17.8. The van der Waals surface area contributed by atoms with Crippen LogP contribution in [0.2, 0.25) is 0 Å². The number of ether oxygens (including phenoxy) is 1. The van der Waals surface area contributed by atoms with Crippen molar-refractivity contribution in [2.45, 2.75) is 13.0 Å². The zero-order valence-electron chi connectivity index (χ0n) is 10.9. The van der Waals surface area contributed by atoms with Gasteiger partial charge in [0.15, 0.2) is 0 Å². The maximum Gasteiger partial charge on any atom is 0.310 e. The van der Waals surface area contributed by atoms with Gasteiger partial charge in [0, 0.05) is 10.3 Å². The van der Waals surface area contributed by atoms with Gasteiger partial charge in [-0.15, -0.1) is 11.3 Å². The minimum atomic E-state index is -0.188. The lowest BCUT2D eigenvalue weighted by molar-refractivity contribution is -0.144. The van der Waals surface area contributed by atoms with Crippen molar-refractivity contribution in [3.63, 3.8) is 0 Å². The highest BCUT2D eigenvalue weighted by Crippen LogP contribution is 2.26. The van der Waals surface area contributed by atoms with Crippen molar-refractivity contribution in [3.05, 3.63) is 71.1 Å². The Balaban J connectivity index is 1.63. The van der Waals surface area contributed by atoms with Gasteiger partial charge in [-0.05, 0) is 22.4 Å². The molecule has 0 radical (unpaired) electrons. The normalized spacial score (nSPS) is 10.6. The highest BCUT2D eigenvalue weighted by atomic mass is 32.1. The van der Waals surface area contributed by atoms with Gasteiger partial charge < -0.3 is 4.74 Å². The molecule has 0 saturated heterocycles. The van der Waals surface area contributed by atoms with Gasteiger partial charge in [0.05, 0.1) is 6.42 Å². The van der Waals surface area contributed by atoms with E-state index in [0.717, 1.165) is 11.1 Å². The van der Waals surface area contributed by atoms with Gasteiger partial charge in [-0.3, -0.25) is 4.79 Å². The Labute approximate surface area is 121 Å². The SMILES string of the molecule is O=C(Cc1ccccc1)OCc1csc2ccccc12. The average molecular weight is 282 g/mol. The fraction of sp³-hybridized carbons (Fsp3) is 0.118. The molecule has 100 valence electrons. The molecule has 1 heterocycles. The summed E-state index contributed by atoms with van der Waals surface area (Å²) in [7, 11) is 0. The van der Waals surface area contributed by atoms with E-state index in [9.17, 15) is 4.79 Å². The molecular weight excluding hydrogens is 268 g/mol. The maximum absolute atomic E-state index is 11.8. The zero-order chi connectivity index (χ0) is 13.8. The lowest BCUT2D eigenvalue weighted by Gasteiger charge is -2.04. The number of carbonyl (C=O) groups excluding carboxylic acids is 1. The monoisotopic (exact) mass is 282 g/mol. The molecule has 0 N–H and O–H groups in total. The van der Waals surface area contributed by atoms with E-state index in [4.69, 9.17) is 4.74 Å². The third kappa shape index (κ3) is 2.89. The van der Waals surface area contributed by atoms with Gasteiger partial charge in [0.1, 0.15) is 6.61 Å². The minimum Gasteiger partial charge on any atom is -0.461 e. The molecule has 0 unspecified atom stereocenters. The van der Waals surface area contributed by atoms with Crippen LogP contribution in [0.3, 0.4) is 0 Å². The van der Waals surface area contributed by atoms with E-state index in [0.29, 0.717) is 13.0 Å². The molecule has 0 aliphatic heterocycles. The summed E-state index contributed by atoms with van der Waals surface area (Å²) < 4.78 is 6.59. The van der Waals surface area contributed by atoms with Crippen molar-refractivity contribution in [2.75, 3.05) is 0 Å². The Morgan fingerprint density at radius 1 is 1.00 bits per heavy atom. The Kier molecular flexibility index (Phi) is 3.79. The molecule has 3 aromatic rings. The number of rotatable bonds is 4. The molecular formula is C17H14O2S. The van der Waals surface area contributed by atoms with Gasteiger partial charge in [0.25, 0.3) is 0 Å². The first-order valence-electron chi connectivity index (χ1n) is 6.47. The maximum atomic E-state index is 11.8.